The highest BCUT2D eigenvalue weighted by molar-refractivity contribution is 9.10. The quantitative estimate of drug-likeness (QED) is 0.844. The summed E-state index contributed by atoms with van der Waals surface area (Å²) in [5.41, 5.74) is 0.701. The van der Waals surface area contributed by atoms with Crippen molar-refractivity contribution >= 4 is 26.0 Å². The third-order valence-corrected chi connectivity index (χ3v) is 4.99. The maximum atomic E-state index is 12.2. The Balaban J connectivity index is 2.07. The molecule has 2 aromatic rings. The van der Waals surface area contributed by atoms with Gasteiger partial charge in [0.2, 0.25) is 15.6 Å². The summed E-state index contributed by atoms with van der Waals surface area (Å²) in [4.78, 5) is 13.4. The number of hydrogen-bond acceptors (Lipinski definition) is 3. The van der Waals surface area contributed by atoms with E-state index in [0.717, 1.165) is 10.0 Å². The van der Waals surface area contributed by atoms with E-state index < -0.39 is 10.0 Å². The van der Waals surface area contributed by atoms with E-state index in [1.54, 1.807) is 6.92 Å². The van der Waals surface area contributed by atoms with E-state index >= 15 is 0 Å². The second-order valence-corrected chi connectivity index (χ2v) is 7.37. The van der Waals surface area contributed by atoms with Crippen LogP contribution in [0.2, 0.25) is 0 Å². The van der Waals surface area contributed by atoms with Gasteiger partial charge in [0.25, 0.3) is 0 Å². The van der Waals surface area contributed by atoms with Crippen molar-refractivity contribution < 1.29 is 8.42 Å². The minimum atomic E-state index is -3.63. The number of halogens is 1. The minimum Gasteiger partial charge on any atom is -0.328 e. The number of aromatic amines is 1. The molecule has 1 aromatic heterocycles. The van der Waals surface area contributed by atoms with Crippen LogP contribution >= 0.6 is 15.9 Å². The maximum absolute atomic E-state index is 12.2. The monoisotopic (exact) mass is 370 g/mol. The van der Waals surface area contributed by atoms with Gasteiger partial charge in [0.15, 0.2) is 0 Å². The number of pyridine rings is 1. The first-order valence-electron chi connectivity index (χ1n) is 6.32. The van der Waals surface area contributed by atoms with Gasteiger partial charge in [0.1, 0.15) is 0 Å². The van der Waals surface area contributed by atoms with Gasteiger partial charge in [-0.1, -0.05) is 28.1 Å². The van der Waals surface area contributed by atoms with Gasteiger partial charge in [-0.15, -0.1) is 0 Å². The molecule has 0 saturated heterocycles. The molecule has 21 heavy (non-hydrogen) atoms. The van der Waals surface area contributed by atoms with Crippen LogP contribution in [-0.4, -0.2) is 19.4 Å². The highest BCUT2D eigenvalue weighted by Gasteiger charge is 2.17. The van der Waals surface area contributed by atoms with Crippen LogP contribution < -0.4 is 10.3 Å². The number of rotatable bonds is 5. The molecule has 0 saturated carbocycles. The van der Waals surface area contributed by atoms with Crippen LogP contribution in [0.1, 0.15) is 12.5 Å². The van der Waals surface area contributed by atoms with Crippen LogP contribution in [0.5, 0.6) is 0 Å². The summed E-state index contributed by atoms with van der Waals surface area (Å²) in [6.45, 7) is 1.80. The van der Waals surface area contributed by atoms with Gasteiger partial charge in [0, 0.05) is 22.8 Å². The molecule has 0 bridgehead atoms. The van der Waals surface area contributed by atoms with Gasteiger partial charge < -0.3 is 4.98 Å². The number of aromatic nitrogens is 1. The molecule has 2 rings (SSSR count). The van der Waals surface area contributed by atoms with Gasteiger partial charge >= 0.3 is 0 Å². The topological polar surface area (TPSA) is 79.0 Å². The number of sulfonamides is 1. The van der Waals surface area contributed by atoms with Crippen LogP contribution in [0.3, 0.4) is 0 Å². The summed E-state index contributed by atoms with van der Waals surface area (Å²) in [6, 6.07) is 9.92. The van der Waals surface area contributed by atoms with Gasteiger partial charge in [0.05, 0.1) is 4.90 Å². The summed E-state index contributed by atoms with van der Waals surface area (Å²) in [5.74, 6) is 0. The van der Waals surface area contributed by atoms with Gasteiger partial charge in [-0.3, -0.25) is 4.79 Å². The molecule has 1 atom stereocenters. The maximum Gasteiger partial charge on any atom is 0.247 e. The normalized spacial score (nSPS) is 13.0. The lowest BCUT2D eigenvalue weighted by atomic mass is 10.1. The number of hydrogen-bond donors (Lipinski definition) is 2. The van der Waals surface area contributed by atoms with Crippen molar-refractivity contribution in [3.05, 3.63) is 63.0 Å². The Hall–Kier alpha value is -1.44. The lowest BCUT2D eigenvalue weighted by Crippen LogP contribution is -2.34. The fraction of sp³-hybridized carbons (Fsp3) is 0.214. The van der Waals surface area contributed by atoms with Crippen molar-refractivity contribution in [2.75, 3.05) is 0 Å². The number of benzene rings is 1. The number of nitrogens with one attached hydrogen (secondary N) is 2. The molecule has 0 fully saturated rings. The van der Waals surface area contributed by atoms with Crippen molar-refractivity contribution in [2.45, 2.75) is 24.3 Å². The Kier molecular flexibility index (Phi) is 4.97. The average molecular weight is 371 g/mol. The molecule has 0 aliphatic carbocycles. The third-order valence-electron chi connectivity index (χ3n) is 2.88. The molecule has 0 amide bonds. The Morgan fingerprint density at radius 1 is 1.19 bits per heavy atom. The van der Waals surface area contributed by atoms with Crippen LogP contribution in [0.15, 0.2) is 56.8 Å². The molecule has 7 heteroatoms. The second kappa shape index (κ2) is 6.55. The summed E-state index contributed by atoms with van der Waals surface area (Å²) >= 11 is 3.36. The third kappa shape index (κ3) is 4.52. The van der Waals surface area contributed by atoms with Crippen molar-refractivity contribution in [1.82, 2.24) is 9.71 Å². The first-order chi connectivity index (χ1) is 9.87. The molecular weight excluding hydrogens is 356 g/mol. The van der Waals surface area contributed by atoms with Crippen molar-refractivity contribution in [3.8, 4) is 0 Å². The molecule has 0 radical (unpaired) electrons. The molecule has 1 heterocycles. The van der Waals surface area contributed by atoms with Crippen LogP contribution in [0, 0.1) is 0 Å². The standard InChI is InChI=1S/C14H15BrN2O3S/c1-10(8-11-2-4-12(15)5-3-11)17-21(19,20)13-6-7-14(18)16-9-13/h2-7,9-10,17H,8H2,1H3,(H,16,18). The molecule has 0 aliphatic rings. The first-order valence-corrected chi connectivity index (χ1v) is 8.60. The Bertz CT molecular complexity index is 749. The van der Waals surface area contributed by atoms with Crippen LogP contribution in [0.25, 0.3) is 0 Å². The predicted octanol–water partition coefficient (Wildman–Crippen LogP) is 2.05. The van der Waals surface area contributed by atoms with E-state index in [0.29, 0.717) is 6.42 Å². The Morgan fingerprint density at radius 3 is 2.43 bits per heavy atom. The van der Waals surface area contributed by atoms with E-state index in [4.69, 9.17) is 0 Å². The van der Waals surface area contributed by atoms with Crippen molar-refractivity contribution in [3.63, 3.8) is 0 Å². The number of H-pyrrole nitrogens is 1. The van der Waals surface area contributed by atoms with E-state index in [9.17, 15) is 13.2 Å². The summed E-state index contributed by atoms with van der Waals surface area (Å²) in [6.07, 6.45) is 1.77. The fourth-order valence-electron chi connectivity index (χ4n) is 1.91. The molecular formula is C14H15BrN2O3S. The van der Waals surface area contributed by atoms with E-state index in [1.165, 1.54) is 18.3 Å². The molecule has 0 aliphatic heterocycles. The fourth-order valence-corrected chi connectivity index (χ4v) is 3.39. The summed E-state index contributed by atoms with van der Waals surface area (Å²) < 4.78 is 27.9. The molecule has 112 valence electrons. The van der Waals surface area contributed by atoms with Crippen molar-refractivity contribution in [2.24, 2.45) is 0 Å². The minimum absolute atomic E-state index is 0.0461. The van der Waals surface area contributed by atoms with Crippen molar-refractivity contribution in [1.29, 1.82) is 0 Å². The largest absolute Gasteiger partial charge is 0.328 e. The Labute approximate surface area is 131 Å². The second-order valence-electron chi connectivity index (χ2n) is 4.74. The Morgan fingerprint density at radius 2 is 1.86 bits per heavy atom. The first kappa shape index (κ1) is 15.9. The van der Waals surface area contributed by atoms with Gasteiger partial charge in [-0.05, 0) is 37.1 Å². The lowest BCUT2D eigenvalue weighted by Gasteiger charge is -2.14. The zero-order valence-electron chi connectivity index (χ0n) is 11.3. The molecule has 0 spiro atoms. The van der Waals surface area contributed by atoms with Gasteiger partial charge in [-0.2, -0.15) is 0 Å². The van der Waals surface area contributed by atoms with E-state index in [1.807, 2.05) is 24.3 Å². The molecule has 2 N–H and O–H groups in total. The zero-order valence-corrected chi connectivity index (χ0v) is 13.7. The van der Waals surface area contributed by atoms with Gasteiger partial charge in [-0.25, -0.2) is 13.1 Å². The average Bonchev–Trinajstić information content (AvgIpc) is 2.41. The predicted molar refractivity (Wildman–Crippen MR) is 84.7 cm³/mol. The lowest BCUT2D eigenvalue weighted by molar-refractivity contribution is 0.559. The molecule has 1 unspecified atom stereocenters. The SMILES string of the molecule is CC(Cc1ccc(Br)cc1)NS(=O)(=O)c1ccc(=O)[nH]c1. The zero-order chi connectivity index (χ0) is 15.5. The molecule has 1 aromatic carbocycles. The van der Waals surface area contributed by atoms with Crippen LogP contribution in [-0.2, 0) is 16.4 Å². The van der Waals surface area contributed by atoms with E-state index in [2.05, 4.69) is 25.6 Å². The van der Waals surface area contributed by atoms with E-state index in [-0.39, 0.29) is 16.5 Å². The van der Waals surface area contributed by atoms with Crippen LogP contribution in [0.4, 0.5) is 0 Å². The summed E-state index contributed by atoms with van der Waals surface area (Å²) in [5, 5.41) is 0. The summed E-state index contributed by atoms with van der Waals surface area (Å²) in [7, 11) is -3.63. The highest BCUT2D eigenvalue weighted by atomic mass is 79.9. The molecule has 5 nitrogen and oxygen atoms in total. The highest BCUT2D eigenvalue weighted by Crippen LogP contribution is 2.13. The smallest absolute Gasteiger partial charge is 0.247 e.